The topological polar surface area (TPSA) is 87.6 Å². The molecule has 1 saturated heterocycles. The largest absolute Gasteiger partial charge is 0.354 e. The van der Waals surface area contributed by atoms with Gasteiger partial charge in [0.1, 0.15) is 5.52 Å². The zero-order chi connectivity index (χ0) is 18.8. The minimum Gasteiger partial charge on any atom is -0.354 e. The molecule has 27 heavy (non-hydrogen) atoms. The van der Waals surface area contributed by atoms with E-state index in [2.05, 4.69) is 25.6 Å². The zero-order valence-electron chi connectivity index (χ0n) is 15.3. The highest BCUT2D eigenvalue weighted by Gasteiger charge is 2.15. The first kappa shape index (κ1) is 18.0. The molecule has 3 N–H and O–H groups in total. The van der Waals surface area contributed by atoms with Gasteiger partial charge in [0.05, 0.1) is 12.7 Å². The second-order valence-electron chi connectivity index (χ2n) is 7.11. The Balaban J connectivity index is 1.59. The van der Waals surface area contributed by atoms with Crippen LogP contribution < -0.4 is 16.3 Å². The third-order valence-corrected chi connectivity index (χ3v) is 5.33. The number of nitrogens with one attached hydrogen (secondary N) is 3. The predicted octanol–water partition coefficient (Wildman–Crippen LogP) is 2.54. The highest BCUT2D eigenvalue weighted by atomic mass is 35.5. The number of H-pyrrole nitrogens is 1. The second-order valence-corrected chi connectivity index (χ2v) is 7.55. The third kappa shape index (κ3) is 3.99. The van der Waals surface area contributed by atoms with Gasteiger partial charge in [0.25, 0.3) is 0 Å². The number of imidazole rings is 1. The van der Waals surface area contributed by atoms with Crippen molar-refractivity contribution in [1.29, 1.82) is 0 Å². The lowest BCUT2D eigenvalue weighted by atomic mass is 10.00. The number of nitrogens with zero attached hydrogens (tertiary/aromatic N) is 3. The molecule has 7 nitrogen and oxygen atoms in total. The molecule has 1 aromatic carbocycles. The molecule has 4 rings (SSSR count). The summed E-state index contributed by atoms with van der Waals surface area (Å²) in [7, 11) is 0. The van der Waals surface area contributed by atoms with Crippen LogP contribution in [0.4, 0.5) is 5.95 Å². The molecule has 3 aromatic rings. The van der Waals surface area contributed by atoms with E-state index in [9.17, 15) is 4.79 Å². The van der Waals surface area contributed by atoms with Gasteiger partial charge in [-0.15, -0.1) is 0 Å². The van der Waals surface area contributed by atoms with Crippen molar-refractivity contribution in [2.75, 3.05) is 25.0 Å². The van der Waals surface area contributed by atoms with E-state index >= 15 is 0 Å². The summed E-state index contributed by atoms with van der Waals surface area (Å²) in [6.45, 7) is 5.34. The molecule has 0 saturated carbocycles. The Kier molecular flexibility index (Phi) is 5.13. The number of anilines is 1. The van der Waals surface area contributed by atoms with Crippen molar-refractivity contribution in [2.24, 2.45) is 5.92 Å². The summed E-state index contributed by atoms with van der Waals surface area (Å²) in [6, 6.07) is 5.69. The summed E-state index contributed by atoms with van der Waals surface area (Å²) in [5.41, 5.74) is 3.10. The van der Waals surface area contributed by atoms with Gasteiger partial charge >= 0.3 is 5.69 Å². The van der Waals surface area contributed by atoms with Gasteiger partial charge in [-0.05, 0) is 62.0 Å². The Labute approximate surface area is 162 Å². The molecule has 1 aliphatic heterocycles. The Morgan fingerprint density at radius 1 is 1.41 bits per heavy atom. The number of hydrogen-bond donors (Lipinski definition) is 3. The Bertz CT molecular complexity index is 1010. The van der Waals surface area contributed by atoms with Crippen LogP contribution in [-0.2, 0) is 6.54 Å². The van der Waals surface area contributed by atoms with E-state index in [1.54, 1.807) is 10.8 Å². The summed E-state index contributed by atoms with van der Waals surface area (Å²) in [5.74, 6) is 1.12. The number of halogens is 1. The van der Waals surface area contributed by atoms with Gasteiger partial charge in [-0.3, -0.25) is 4.57 Å². The molecule has 0 bridgehead atoms. The molecular formula is C19H23ClN6O. The van der Waals surface area contributed by atoms with Gasteiger partial charge < -0.3 is 15.6 Å². The first-order valence-corrected chi connectivity index (χ1v) is 9.63. The van der Waals surface area contributed by atoms with Gasteiger partial charge in [0.2, 0.25) is 5.95 Å². The molecule has 0 radical (unpaired) electrons. The van der Waals surface area contributed by atoms with E-state index in [1.165, 1.54) is 12.8 Å². The van der Waals surface area contributed by atoms with E-state index < -0.39 is 0 Å². The van der Waals surface area contributed by atoms with Crippen LogP contribution in [0.15, 0.2) is 29.2 Å². The van der Waals surface area contributed by atoms with Gasteiger partial charge in [-0.1, -0.05) is 17.7 Å². The fourth-order valence-corrected chi connectivity index (χ4v) is 3.69. The monoisotopic (exact) mass is 386 g/mol. The second kappa shape index (κ2) is 7.70. The molecule has 142 valence electrons. The van der Waals surface area contributed by atoms with Crippen molar-refractivity contribution in [2.45, 2.75) is 26.3 Å². The van der Waals surface area contributed by atoms with Crippen LogP contribution in [-0.4, -0.2) is 39.2 Å². The van der Waals surface area contributed by atoms with E-state index in [0.29, 0.717) is 34.6 Å². The molecule has 3 heterocycles. The highest BCUT2D eigenvalue weighted by molar-refractivity contribution is 6.30. The molecule has 0 aliphatic carbocycles. The summed E-state index contributed by atoms with van der Waals surface area (Å²) in [5, 5.41) is 7.38. The van der Waals surface area contributed by atoms with Crippen LogP contribution in [0.5, 0.6) is 0 Å². The van der Waals surface area contributed by atoms with Crippen LogP contribution in [0, 0.1) is 12.8 Å². The quantitative estimate of drug-likeness (QED) is 0.627. The maximum Gasteiger partial charge on any atom is 0.328 e. The molecule has 1 atom stereocenters. The SMILES string of the molecule is Cc1ccc(Cl)cc1Cn1c(=O)[nH]c2cnc(NC[C@H]3CCCNC3)nc21. The Hall–Kier alpha value is -2.38. The van der Waals surface area contributed by atoms with E-state index in [-0.39, 0.29) is 5.69 Å². The molecule has 0 unspecified atom stereocenters. The van der Waals surface area contributed by atoms with Gasteiger partial charge in [0, 0.05) is 11.6 Å². The molecule has 2 aromatic heterocycles. The maximum absolute atomic E-state index is 12.4. The number of benzene rings is 1. The van der Waals surface area contributed by atoms with Crippen LogP contribution in [0.2, 0.25) is 5.02 Å². The van der Waals surface area contributed by atoms with Crippen molar-refractivity contribution in [3.8, 4) is 0 Å². The molecule has 1 aliphatic rings. The molecule has 1 fully saturated rings. The number of fused-ring (bicyclic) bond motifs is 1. The fourth-order valence-electron chi connectivity index (χ4n) is 3.49. The molecule has 0 spiro atoms. The molecular weight excluding hydrogens is 364 g/mol. The summed E-state index contributed by atoms with van der Waals surface area (Å²) < 4.78 is 1.63. The standard InChI is InChI=1S/C19H23ClN6O/c1-12-4-5-15(20)7-14(12)11-26-17-16(24-19(26)27)10-23-18(25-17)22-9-13-3-2-6-21-8-13/h4-5,7,10,13,21H,2-3,6,8-9,11H2,1H3,(H,24,27)(H,22,23,25)/t13-/m0/s1. The van der Waals surface area contributed by atoms with Crippen molar-refractivity contribution in [3.05, 3.63) is 51.0 Å². The highest BCUT2D eigenvalue weighted by Crippen LogP contribution is 2.18. The van der Waals surface area contributed by atoms with Crippen LogP contribution in [0.25, 0.3) is 11.2 Å². The maximum atomic E-state index is 12.4. The van der Waals surface area contributed by atoms with Gasteiger partial charge in [-0.25, -0.2) is 9.78 Å². The van der Waals surface area contributed by atoms with Crippen molar-refractivity contribution < 1.29 is 0 Å². The lowest BCUT2D eigenvalue weighted by Gasteiger charge is -2.22. The minimum atomic E-state index is -0.202. The minimum absolute atomic E-state index is 0.202. The Morgan fingerprint density at radius 3 is 3.11 bits per heavy atom. The summed E-state index contributed by atoms with van der Waals surface area (Å²) >= 11 is 6.12. The van der Waals surface area contributed by atoms with Crippen LogP contribution >= 0.6 is 11.6 Å². The van der Waals surface area contributed by atoms with Gasteiger partial charge in [0.15, 0.2) is 5.65 Å². The van der Waals surface area contributed by atoms with Gasteiger partial charge in [-0.2, -0.15) is 4.98 Å². The summed E-state index contributed by atoms with van der Waals surface area (Å²) in [4.78, 5) is 24.2. The van der Waals surface area contributed by atoms with Crippen molar-refractivity contribution in [3.63, 3.8) is 0 Å². The lowest BCUT2D eigenvalue weighted by Crippen LogP contribution is -2.33. The molecule has 0 amide bonds. The number of hydrogen-bond acceptors (Lipinski definition) is 5. The predicted molar refractivity (Wildman–Crippen MR) is 108 cm³/mol. The number of rotatable bonds is 5. The zero-order valence-corrected chi connectivity index (χ0v) is 16.0. The first-order valence-electron chi connectivity index (χ1n) is 9.25. The fraction of sp³-hybridized carbons (Fsp3) is 0.421. The average molecular weight is 387 g/mol. The van der Waals surface area contributed by atoms with Crippen LogP contribution in [0.3, 0.4) is 0 Å². The smallest absolute Gasteiger partial charge is 0.328 e. The number of piperidine rings is 1. The average Bonchev–Trinajstić information content (AvgIpc) is 2.99. The number of aryl methyl sites for hydroxylation is 1. The Morgan fingerprint density at radius 2 is 2.30 bits per heavy atom. The van der Waals surface area contributed by atoms with E-state index in [0.717, 1.165) is 30.8 Å². The summed E-state index contributed by atoms with van der Waals surface area (Å²) in [6.07, 6.45) is 4.06. The third-order valence-electron chi connectivity index (χ3n) is 5.10. The van der Waals surface area contributed by atoms with Crippen molar-refractivity contribution in [1.82, 2.24) is 24.8 Å². The number of aromatic amines is 1. The van der Waals surface area contributed by atoms with Crippen molar-refractivity contribution >= 4 is 28.7 Å². The first-order chi connectivity index (χ1) is 13.1. The molecule has 8 heteroatoms. The van der Waals surface area contributed by atoms with Crippen LogP contribution in [0.1, 0.15) is 24.0 Å². The van der Waals surface area contributed by atoms with E-state index in [1.807, 2.05) is 25.1 Å². The number of aromatic nitrogens is 4. The normalized spacial score (nSPS) is 17.3. The lowest BCUT2D eigenvalue weighted by molar-refractivity contribution is 0.392. The van der Waals surface area contributed by atoms with E-state index in [4.69, 9.17) is 11.6 Å².